The van der Waals surface area contributed by atoms with Crippen LogP contribution in [0.2, 0.25) is 0 Å². The molecule has 1 heterocycles. The van der Waals surface area contributed by atoms with E-state index in [0.29, 0.717) is 17.2 Å². The second kappa shape index (κ2) is 9.84. The highest BCUT2D eigenvalue weighted by Crippen LogP contribution is 2.56. The summed E-state index contributed by atoms with van der Waals surface area (Å²) in [5.74, 6) is 1.00. The summed E-state index contributed by atoms with van der Waals surface area (Å²) in [6.07, 6.45) is 3.68. The van der Waals surface area contributed by atoms with E-state index >= 15 is 0 Å². The second-order valence-corrected chi connectivity index (χ2v) is 12.5. The van der Waals surface area contributed by atoms with Gasteiger partial charge in [-0.1, -0.05) is 18.2 Å². The van der Waals surface area contributed by atoms with Gasteiger partial charge in [0, 0.05) is 34.5 Å². The first kappa shape index (κ1) is 26.4. The maximum absolute atomic E-state index is 14.0. The molecule has 0 saturated heterocycles. The van der Waals surface area contributed by atoms with E-state index in [1.165, 1.54) is 12.1 Å². The lowest BCUT2D eigenvalue weighted by atomic mass is 9.85. The highest BCUT2D eigenvalue weighted by Gasteiger charge is 2.41. The third kappa shape index (κ3) is 5.34. The van der Waals surface area contributed by atoms with Gasteiger partial charge in [0.25, 0.3) is 0 Å². The van der Waals surface area contributed by atoms with Crippen molar-refractivity contribution in [2.45, 2.75) is 57.9 Å². The molecule has 1 fully saturated rings. The standard InChI is InChI=1S/C30H34FNO5S/c1-18-6-7-20(31)14-27(18)36-17-25-23(12-13-26-29(25)19(2)16-30(3,4)32-26)24-11-8-21(15-28(24)35-5)37-38(33,34)22-9-10-22/h6-8,11-16,22,32-34H,9-10,17H2,1-5H3. The topological polar surface area (TPSA) is 80.2 Å². The molecule has 1 aliphatic carbocycles. The average Bonchev–Trinajstić information content (AvgIpc) is 3.70. The molecule has 0 bridgehead atoms. The Morgan fingerprint density at radius 2 is 1.74 bits per heavy atom. The third-order valence-corrected chi connectivity index (χ3v) is 8.68. The summed E-state index contributed by atoms with van der Waals surface area (Å²) < 4.78 is 52.2. The van der Waals surface area contributed by atoms with Crippen molar-refractivity contribution in [3.63, 3.8) is 0 Å². The van der Waals surface area contributed by atoms with Crippen molar-refractivity contribution in [3.05, 3.63) is 77.1 Å². The van der Waals surface area contributed by atoms with Crippen LogP contribution in [0.4, 0.5) is 10.1 Å². The van der Waals surface area contributed by atoms with Gasteiger partial charge in [0.15, 0.2) is 0 Å². The molecule has 1 aliphatic heterocycles. The van der Waals surface area contributed by atoms with Crippen LogP contribution in [-0.2, 0) is 6.61 Å². The summed E-state index contributed by atoms with van der Waals surface area (Å²) in [4.78, 5) is 0. The van der Waals surface area contributed by atoms with Gasteiger partial charge >= 0.3 is 0 Å². The molecular formula is C30H34FNO5S. The number of hydrogen-bond acceptors (Lipinski definition) is 6. The number of benzene rings is 3. The van der Waals surface area contributed by atoms with Crippen LogP contribution < -0.4 is 19.0 Å². The lowest BCUT2D eigenvalue weighted by molar-refractivity contribution is 0.302. The van der Waals surface area contributed by atoms with Crippen molar-refractivity contribution >= 4 is 22.1 Å². The Hall–Kier alpha value is -3.20. The van der Waals surface area contributed by atoms with Gasteiger partial charge in [-0.15, -0.1) is 0 Å². The maximum Gasteiger partial charge on any atom is 0.144 e. The molecule has 8 heteroatoms. The molecule has 3 aromatic carbocycles. The van der Waals surface area contributed by atoms with Gasteiger partial charge in [-0.25, -0.2) is 4.39 Å². The van der Waals surface area contributed by atoms with Crippen LogP contribution in [0.15, 0.2) is 54.6 Å². The van der Waals surface area contributed by atoms with Crippen LogP contribution in [0, 0.1) is 12.7 Å². The molecule has 0 unspecified atom stereocenters. The molecule has 0 radical (unpaired) electrons. The SMILES string of the molecule is COc1cc(OS(O)(O)C2CC2)ccc1-c1ccc2c(c1COc1cc(F)ccc1C)C(C)=CC(C)(C)N2. The monoisotopic (exact) mass is 539 g/mol. The lowest BCUT2D eigenvalue weighted by Crippen LogP contribution is -2.32. The van der Waals surface area contributed by atoms with E-state index in [0.717, 1.165) is 51.9 Å². The quantitative estimate of drug-likeness (QED) is 0.268. The van der Waals surface area contributed by atoms with Gasteiger partial charge in [0.2, 0.25) is 0 Å². The van der Waals surface area contributed by atoms with Crippen molar-refractivity contribution in [1.29, 1.82) is 0 Å². The summed E-state index contributed by atoms with van der Waals surface area (Å²) in [5, 5.41) is 3.38. The van der Waals surface area contributed by atoms with E-state index < -0.39 is 10.9 Å². The molecule has 3 aromatic rings. The number of hydrogen-bond donors (Lipinski definition) is 3. The van der Waals surface area contributed by atoms with Crippen LogP contribution in [0.25, 0.3) is 16.7 Å². The predicted octanol–water partition coefficient (Wildman–Crippen LogP) is 8.20. The first-order valence-electron chi connectivity index (χ1n) is 12.6. The number of aryl methyl sites for hydroxylation is 1. The van der Waals surface area contributed by atoms with Gasteiger partial charge in [-0.05, 0) is 81.5 Å². The molecule has 0 aromatic heterocycles. The average molecular weight is 540 g/mol. The summed E-state index contributed by atoms with van der Waals surface area (Å²) in [7, 11) is -1.58. The number of anilines is 1. The summed E-state index contributed by atoms with van der Waals surface area (Å²) in [6.45, 7) is 8.42. The maximum atomic E-state index is 14.0. The fourth-order valence-electron chi connectivity index (χ4n) is 5.01. The molecule has 0 atom stereocenters. The van der Waals surface area contributed by atoms with Crippen LogP contribution in [0.3, 0.4) is 0 Å². The smallest absolute Gasteiger partial charge is 0.144 e. The van der Waals surface area contributed by atoms with Gasteiger partial charge in [0.1, 0.15) is 40.5 Å². The number of methoxy groups -OCH3 is 1. The molecular weight excluding hydrogens is 505 g/mol. The zero-order valence-corrected chi connectivity index (χ0v) is 23.1. The fourth-order valence-corrected chi connectivity index (χ4v) is 6.28. The molecule has 2 aliphatic rings. The zero-order chi connectivity index (χ0) is 27.2. The Kier molecular flexibility index (Phi) is 6.84. The Bertz CT molecular complexity index is 1410. The molecule has 5 rings (SSSR count). The Labute approximate surface area is 225 Å². The molecule has 38 heavy (non-hydrogen) atoms. The van der Waals surface area contributed by atoms with Crippen molar-refractivity contribution < 1.29 is 27.2 Å². The number of allylic oxidation sites excluding steroid dienone is 1. The largest absolute Gasteiger partial charge is 0.496 e. The molecule has 1 saturated carbocycles. The molecule has 6 nitrogen and oxygen atoms in total. The first-order valence-corrected chi connectivity index (χ1v) is 14.2. The van der Waals surface area contributed by atoms with E-state index in [-0.39, 0.29) is 23.2 Å². The zero-order valence-electron chi connectivity index (χ0n) is 22.3. The number of fused-ring (bicyclic) bond motifs is 1. The van der Waals surface area contributed by atoms with Gasteiger partial charge in [0.05, 0.1) is 17.9 Å². The van der Waals surface area contributed by atoms with Crippen molar-refractivity contribution in [2.24, 2.45) is 0 Å². The Balaban J connectivity index is 1.58. The van der Waals surface area contributed by atoms with Gasteiger partial charge in [-0.3, -0.25) is 9.11 Å². The molecule has 202 valence electrons. The van der Waals surface area contributed by atoms with E-state index in [1.807, 2.05) is 25.1 Å². The van der Waals surface area contributed by atoms with E-state index in [1.54, 1.807) is 25.3 Å². The normalized spacial score (nSPS) is 16.7. The summed E-state index contributed by atoms with van der Waals surface area (Å²) in [5.41, 5.74) is 6.39. The molecule has 3 N–H and O–H groups in total. The number of halogens is 1. The van der Waals surface area contributed by atoms with Crippen molar-refractivity contribution in [2.75, 3.05) is 12.4 Å². The minimum atomic E-state index is -3.15. The first-order chi connectivity index (χ1) is 18.0. The fraction of sp³-hybridized carbons (Fsp3) is 0.333. The van der Waals surface area contributed by atoms with E-state index in [9.17, 15) is 13.5 Å². The Morgan fingerprint density at radius 1 is 1.00 bits per heavy atom. The predicted molar refractivity (Wildman–Crippen MR) is 152 cm³/mol. The van der Waals surface area contributed by atoms with Gasteiger partial charge in [-0.2, -0.15) is 0 Å². The highest BCUT2D eigenvalue weighted by atomic mass is 32.3. The van der Waals surface area contributed by atoms with E-state index in [4.69, 9.17) is 13.7 Å². The minimum Gasteiger partial charge on any atom is -0.496 e. The number of nitrogens with one attached hydrogen (secondary N) is 1. The van der Waals surface area contributed by atoms with Crippen LogP contribution in [-0.4, -0.2) is 27.0 Å². The van der Waals surface area contributed by atoms with Gasteiger partial charge < -0.3 is 19.0 Å². The Morgan fingerprint density at radius 3 is 2.45 bits per heavy atom. The number of rotatable bonds is 8. The molecule has 0 spiro atoms. The van der Waals surface area contributed by atoms with Crippen molar-refractivity contribution in [3.8, 4) is 28.4 Å². The van der Waals surface area contributed by atoms with Crippen LogP contribution in [0.1, 0.15) is 50.3 Å². The van der Waals surface area contributed by atoms with Crippen LogP contribution >= 0.6 is 10.9 Å². The lowest BCUT2D eigenvalue weighted by Gasteiger charge is -2.33. The number of ether oxygens (including phenoxy) is 2. The summed E-state index contributed by atoms with van der Waals surface area (Å²) in [6, 6.07) is 13.9. The van der Waals surface area contributed by atoms with Crippen LogP contribution in [0.5, 0.6) is 17.2 Å². The van der Waals surface area contributed by atoms with E-state index in [2.05, 4.69) is 32.2 Å². The van der Waals surface area contributed by atoms with Crippen molar-refractivity contribution in [1.82, 2.24) is 0 Å². The molecule has 0 amide bonds. The third-order valence-electron chi connectivity index (χ3n) is 6.90. The highest BCUT2D eigenvalue weighted by molar-refractivity contribution is 8.21. The summed E-state index contributed by atoms with van der Waals surface area (Å²) >= 11 is 0. The minimum absolute atomic E-state index is 0.208. The second-order valence-electron chi connectivity index (χ2n) is 10.6.